The van der Waals surface area contributed by atoms with Gasteiger partial charge in [0.05, 0.1) is 22.1 Å². The first kappa shape index (κ1) is 18.4. The fraction of sp³-hybridized carbons (Fsp3) is 0.227. The number of likely N-dealkylation sites (tertiary alicyclic amines) is 1. The molecule has 1 aliphatic heterocycles. The summed E-state index contributed by atoms with van der Waals surface area (Å²) in [5.41, 5.74) is 5.37. The van der Waals surface area contributed by atoms with Gasteiger partial charge in [0, 0.05) is 30.3 Å². The smallest absolute Gasteiger partial charge is 0.258 e. The molecule has 0 bridgehead atoms. The molecule has 1 aromatic heterocycles. The summed E-state index contributed by atoms with van der Waals surface area (Å²) in [4.78, 5) is 40.8. The molecule has 2 aliphatic rings. The number of hydrogen-bond acceptors (Lipinski definition) is 7. The second-order valence-electron chi connectivity index (χ2n) is 7.69. The number of aromatic hydroxyl groups is 2. The van der Waals surface area contributed by atoms with Gasteiger partial charge in [-0.15, -0.1) is 0 Å². The Morgan fingerprint density at radius 2 is 1.70 bits per heavy atom. The maximum Gasteiger partial charge on any atom is 0.258 e. The summed E-state index contributed by atoms with van der Waals surface area (Å²) in [6.45, 7) is 2.33. The molecule has 152 valence electrons. The maximum absolute atomic E-state index is 13.1. The first-order valence-corrected chi connectivity index (χ1v) is 9.55. The van der Waals surface area contributed by atoms with Gasteiger partial charge in [-0.05, 0) is 13.3 Å². The Morgan fingerprint density at radius 1 is 1.10 bits per heavy atom. The highest BCUT2D eigenvalue weighted by atomic mass is 16.4. The van der Waals surface area contributed by atoms with E-state index in [2.05, 4.69) is 0 Å². The SMILES string of the molecule is Cc1oc2c(O)c3c(c(O)c2c1C(=O)N1CC[C@@H](N)C1)C(=O)c1ccccc1C3=O. The zero-order valence-corrected chi connectivity index (χ0v) is 16.1. The second-order valence-corrected chi connectivity index (χ2v) is 7.69. The molecule has 30 heavy (non-hydrogen) atoms. The van der Waals surface area contributed by atoms with Crippen molar-refractivity contribution in [3.63, 3.8) is 0 Å². The van der Waals surface area contributed by atoms with Gasteiger partial charge in [-0.2, -0.15) is 0 Å². The normalized spacial score (nSPS) is 18.1. The van der Waals surface area contributed by atoms with E-state index in [9.17, 15) is 24.6 Å². The van der Waals surface area contributed by atoms with Crippen molar-refractivity contribution in [3.8, 4) is 11.5 Å². The van der Waals surface area contributed by atoms with E-state index in [1.807, 2.05) is 0 Å². The van der Waals surface area contributed by atoms with Crippen LogP contribution in [0.5, 0.6) is 11.5 Å². The summed E-state index contributed by atoms with van der Waals surface area (Å²) in [5, 5.41) is 21.8. The van der Waals surface area contributed by atoms with Crippen LogP contribution in [0.25, 0.3) is 11.0 Å². The first-order chi connectivity index (χ1) is 14.3. The van der Waals surface area contributed by atoms with Crippen LogP contribution in [-0.2, 0) is 0 Å². The zero-order chi connectivity index (χ0) is 21.3. The molecule has 1 aliphatic carbocycles. The molecule has 3 aromatic rings. The van der Waals surface area contributed by atoms with Crippen LogP contribution in [-0.4, -0.2) is 51.7 Å². The van der Waals surface area contributed by atoms with Gasteiger partial charge in [-0.1, -0.05) is 24.3 Å². The number of ketones is 2. The predicted octanol–water partition coefficient (Wildman–Crippen LogP) is 2.10. The van der Waals surface area contributed by atoms with E-state index in [4.69, 9.17) is 10.2 Å². The number of carbonyl (C=O) groups is 3. The minimum Gasteiger partial charge on any atom is -0.506 e. The molecule has 8 heteroatoms. The largest absolute Gasteiger partial charge is 0.506 e. The van der Waals surface area contributed by atoms with E-state index >= 15 is 0 Å². The highest BCUT2D eigenvalue weighted by Crippen LogP contribution is 2.47. The Hall–Kier alpha value is -3.65. The number of rotatable bonds is 1. The molecule has 8 nitrogen and oxygen atoms in total. The van der Waals surface area contributed by atoms with Crippen LogP contribution in [0.4, 0.5) is 0 Å². The van der Waals surface area contributed by atoms with Gasteiger partial charge in [-0.3, -0.25) is 14.4 Å². The molecule has 5 rings (SSSR count). The first-order valence-electron chi connectivity index (χ1n) is 9.55. The summed E-state index contributed by atoms with van der Waals surface area (Å²) in [6.07, 6.45) is 0.650. The number of fused-ring (bicyclic) bond motifs is 3. The minimum atomic E-state index is -0.602. The molecule has 0 spiro atoms. The number of furan rings is 1. The molecule has 1 saturated heterocycles. The van der Waals surface area contributed by atoms with Crippen LogP contribution < -0.4 is 5.73 Å². The molecule has 0 saturated carbocycles. The Balaban J connectivity index is 1.79. The molecular formula is C22H18N2O6. The van der Waals surface area contributed by atoms with E-state index in [0.29, 0.717) is 19.5 Å². The number of benzene rings is 2. The number of carbonyl (C=O) groups excluding carboxylic acids is 3. The third-order valence-electron chi connectivity index (χ3n) is 5.86. The van der Waals surface area contributed by atoms with Crippen LogP contribution in [0.2, 0.25) is 0 Å². The lowest BCUT2D eigenvalue weighted by Gasteiger charge is -2.20. The fourth-order valence-electron chi connectivity index (χ4n) is 4.39. The molecule has 1 atom stereocenters. The van der Waals surface area contributed by atoms with Gasteiger partial charge in [0.15, 0.2) is 22.9 Å². The van der Waals surface area contributed by atoms with Gasteiger partial charge >= 0.3 is 0 Å². The molecular weight excluding hydrogens is 388 g/mol. The van der Waals surface area contributed by atoms with Crippen molar-refractivity contribution < 1.29 is 29.0 Å². The van der Waals surface area contributed by atoms with Gasteiger partial charge in [0.25, 0.3) is 5.91 Å². The van der Waals surface area contributed by atoms with Gasteiger partial charge < -0.3 is 25.3 Å². The number of hydrogen-bond donors (Lipinski definition) is 3. The van der Waals surface area contributed by atoms with Crippen LogP contribution in [0.1, 0.15) is 54.4 Å². The summed E-state index contributed by atoms with van der Waals surface area (Å²) < 4.78 is 5.60. The Morgan fingerprint density at radius 3 is 2.27 bits per heavy atom. The third-order valence-corrected chi connectivity index (χ3v) is 5.86. The van der Waals surface area contributed by atoms with Crippen LogP contribution in [0, 0.1) is 6.92 Å². The number of phenolic OH excluding ortho intramolecular Hbond substituents is 2. The van der Waals surface area contributed by atoms with Gasteiger partial charge in [-0.25, -0.2) is 0 Å². The third kappa shape index (κ3) is 2.28. The Labute approximate surface area is 170 Å². The standard InChI is InChI=1S/C22H18N2O6/c1-9-13(22(29)24-7-6-10(23)8-24)16-19(27)14-15(20(28)21(16)30-9)18(26)12-5-3-2-4-11(12)17(14)25/h2-5,10,27-28H,6-8,23H2,1H3/t10-/m1/s1. The molecule has 2 aromatic carbocycles. The average Bonchev–Trinajstić information content (AvgIpc) is 3.32. The van der Waals surface area contributed by atoms with Crippen LogP contribution >= 0.6 is 0 Å². The molecule has 4 N–H and O–H groups in total. The molecule has 1 amide bonds. The molecule has 0 unspecified atom stereocenters. The highest BCUT2D eigenvalue weighted by Gasteiger charge is 2.39. The van der Waals surface area contributed by atoms with Crippen molar-refractivity contribution in [2.24, 2.45) is 5.73 Å². The zero-order valence-electron chi connectivity index (χ0n) is 16.1. The van der Waals surface area contributed by atoms with E-state index in [1.165, 1.54) is 19.1 Å². The predicted molar refractivity (Wildman–Crippen MR) is 106 cm³/mol. The van der Waals surface area contributed by atoms with Crippen LogP contribution in [0.3, 0.4) is 0 Å². The summed E-state index contributed by atoms with van der Waals surface area (Å²) in [7, 11) is 0. The van der Waals surface area contributed by atoms with Crippen molar-refractivity contribution in [1.82, 2.24) is 4.90 Å². The minimum absolute atomic E-state index is 0.0498. The molecule has 2 heterocycles. The van der Waals surface area contributed by atoms with Crippen molar-refractivity contribution in [3.05, 3.63) is 57.8 Å². The maximum atomic E-state index is 13.1. The van der Waals surface area contributed by atoms with Crippen molar-refractivity contribution >= 4 is 28.4 Å². The summed E-state index contributed by atoms with van der Waals surface area (Å²) in [5.74, 6) is -2.55. The number of amides is 1. The summed E-state index contributed by atoms with van der Waals surface area (Å²) >= 11 is 0. The lowest BCUT2D eigenvalue weighted by atomic mass is 9.82. The molecule has 1 fully saturated rings. The summed E-state index contributed by atoms with van der Waals surface area (Å²) in [6, 6.07) is 6.05. The Bertz CT molecular complexity index is 1290. The second kappa shape index (κ2) is 6.17. The number of phenols is 2. The quantitative estimate of drug-likeness (QED) is 0.412. The van der Waals surface area contributed by atoms with E-state index in [1.54, 1.807) is 17.0 Å². The van der Waals surface area contributed by atoms with Gasteiger partial charge in [0.1, 0.15) is 11.5 Å². The lowest BCUT2D eigenvalue weighted by molar-refractivity contribution is 0.0790. The fourth-order valence-corrected chi connectivity index (χ4v) is 4.39. The highest BCUT2D eigenvalue weighted by molar-refractivity contribution is 6.33. The monoisotopic (exact) mass is 406 g/mol. The van der Waals surface area contributed by atoms with E-state index in [-0.39, 0.29) is 50.6 Å². The molecule has 0 radical (unpaired) electrons. The van der Waals surface area contributed by atoms with Crippen molar-refractivity contribution in [2.45, 2.75) is 19.4 Å². The number of nitrogens with two attached hydrogens (primary N) is 1. The number of aryl methyl sites for hydroxylation is 1. The topological polar surface area (TPSA) is 134 Å². The van der Waals surface area contributed by atoms with Gasteiger partial charge in [0.2, 0.25) is 0 Å². The van der Waals surface area contributed by atoms with E-state index in [0.717, 1.165) is 0 Å². The van der Waals surface area contributed by atoms with Crippen molar-refractivity contribution in [1.29, 1.82) is 0 Å². The average molecular weight is 406 g/mol. The van der Waals surface area contributed by atoms with Crippen LogP contribution in [0.15, 0.2) is 28.7 Å². The lowest BCUT2D eigenvalue weighted by Crippen LogP contribution is -2.32. The van der Waals surface area contributed by atoms with E-state index < -0.39 is 29.0 Å². The Kier molecular flexibility index (Phi) is 3.78. The van der Waals surface area contributed by atoms with Crippen molar-refractivity contribution in [2.75, 3.05) is 13.1 Å². The number of nitrogens with zero attached hydrogens (tertiary/aromatic N) is 1.